The second-order valence-electron chi connectivity index (χ2n) is 8.76. The van der Waals surface area contributed by atoms with E-state index < -0.39 is 44.6 Å². The molecule has 0 radical (unpaired) electrons. The number of nitrogens with one attached hydrogen (secondary N) is 3. The first-order valence-electron chi connectivity index (χ1n) is 12.2. The van der Waals surface area contributed by atoms with Gasteiger partial charge in [-0.15, -0.1) is 0 Å². The molecular weight excluding hydrogens is 632 g/mol. The van der Waals surface area contributed by atoms with Crippen molar-refractivity contribution < 1.29 is 44.9 Å². The molecule has 3 amide bonds. The van der Waals surface area contributed by atoms with Crippen molar-refractivity contribution in [3.8, 4) is 11.5 Å². The van der Waals surface area contributed by atoms with Crippen molar-refractivity contribution in [1.29, 1.82) is 0 Å². The van der Waals surface area contributed by atoms with Crippen LogP contribution in [0.3, 0.4) is 0 Å². The Hall–Kier alpha value is -4.73. The first-order valence-corrected chi connectivity index (χ1v) is 14.0. The van der Waals surface area contributed by atoms with Gasteiger partial charge in [0.25, 0.3) is 16.0 Å². The van der Waals surface area contributed by atoms with Gasteiger partial charge in [0, 0.05) is 31.1 Å². The van der Waals surface area contributed by atoms with Gasteiger partial charge in [-0.25, -0.2) is 9.18 Å². The van der Waals surface area contributed by atoms with E-state index >= 15 is 0 Å². The molecule has 44 heavy (non-hydrogen) atoms. The van der Waals surface area contributed by atoms with Gasteiger partial charge in [-0.2, -0.15) is 21.6 Å². The van der Waals surface area contributed by atoms with Crippen LogP contribution in [0.2, 0.25) is 5.02 Å². The molecule has 0 bridgehead atoms. The van der Waals surface area contributed by atoms with Crippen molar-refractivity contribution in [2.75, 3.05) is 17.7 Å². The Bertz CT molecular complexity index is 1770. The molecule has 1 aromatic heterocycles. The maximum atomic E-state index is 14.4. The molecule has 0 aliphatic rings. The minimum atomic E-state index is -4.71. The molecule has 0 aliphatic heterocycles. The van der Waals surface area contributed by atoms with E-state index in [1.54, 1.807) is 12.1 Å². The van der Waals surface area contributed by atoms with Gasteiger partial charge in [-0.05, 0) is 55.5 Å². The molecule has 4 aromatic rings. The first-order chi connectivity index (χ1) is 20.6. The number of ether oxygens (including phenoxy) is 1. The third-order valence-corrected chi connectivity index (χ3v) is 6.66. The third kappa shape index (κ3) is 9.65. The summed E-state index contributed by atoms with van der Waals surface area (Å²) in [4.78, 5) is 27.6. The van der Waals surface area contributed by atoms with Crippen LogP contribution in [-0.4, -0.2) is 36.9 Å². The van der Waals surface area contributed by atoms with Gasteiger partial charge in [-0.3, -0.25) is 14.3 Å². The Morgan fingerprint density at radius 3 is 2.18 bits per heavy atom. The van der Waals surface area contributed by atoms with E-state index in [4.69, 9.17) is 20.9 Å². The third-order valence-electron chi connectivity index (χ3n) is 5.46. The second kappa shape index (κ2) is 14.2. The molecule has 0 unspecified atom stereocenters. The second-order valence-corrected chi connectivity index (χ2v) is 10.6. The van der Waals surface area contributed by atoms with E-state index in [9.17, 15) is 35.6 Å². The summed E-state index contributed by atoms with van der Waals surface area (Å²) in [6.07, 6.45) is -3.36. The zero-order valence-corrected chi connectivity index (χ0v) is 24.3. The maximum Gasteiger partial charge on any atom is 0.417 e. The predicted molar refractivity (Wildman–Crippen MR) is 154 cm³/mol. The van der Waals surface area contributed by atoms with Gasteiger partial charge in [0.2, 0.25) is 0 Å². The zero-order chi connectivity index (χ0) is 32.7. The molecule has 0 spiro atoms. The Morgan fingerprint density at radius 1 is 0.932 bits per heavy atom. The summed E-state index contributed by atoms with van der Waals surface area (Å²) in [7, 11) is -2.58. The molecule has 232 valence electrons. The van der Waals surface area contributed by atoms with Crippen LogP contribution < -0.4 is 20.7 Å². The number of aromatic nitrogens is 1. The molecule has 0 saturated heterocycles. The van der Waals surface area contributed by atoms with E-state index in [0.29, 0.717) is 6.07 Å². The summed E-state index contributed by atoms with van der Waals surface area (Å²) in [5.41, 5.74) is -0.496. The van der Waals surface area contributed by atoms with Gasteiger partial charge < -0.3 is 20.7 Å². The number of rotatable bonds is 6. The summed E-state index contributed by atoms with van der Waals surface area (Å²) in [6.45, 7) is 1.84. The number of benzene rings is 3. The lowest BCUT2D eigenvalue weighted by molar-refractivity contribution is -0.137. The number of aryl methyl sites for hydroxylation is 1. The monoisotopic (exact) mass is 654 g/mol. The zero-order valence-electron chi connectivity index (χ0n) is 22.7. The molecule has 3 aromatic carbocycles. The summed E-state index contributed by atoms with van der Waals surface area (Å²) in [5, 5.41) is 6.27. The summed E-state index contributed by atoms with van der Waals surface area (Å²) in [5.74, 6) is -1.000. The van der Waals surface area contributed by atoms with Crippen molar-refractivity contribution in [2.45, 2.75) is 18.0 Å². The largest absolute Gasteiger partial charge is 0.457 e. The predicted octanol–water partition coefficient (Wildman–Crippen LogP) is 6.93. The number of pyridine rings is 1. The Kier molecular flexibility index (Phi) is 10.9. The summed E-state index contributed by atoms with van der Waals surface area (Å²) in [6, 6.07) is 14.2. The van der Waals surface area contributed by atoms with Crippen LogP contribution in [0.5, 0.6) is 11.5 Å². The number of hydrogen-bond donors (Lipinski definition) is 4. The van der Waals surface area contributed by atoms with Crippen LogP contribution in [0, 0.1) is 12.7 Å². The molecular formula is C28H23ClF4N4O6S. The highest BCUT2D eigenvalue weighted by Gasteiger charge is 2.33. The fourth-order valence-corrected chi connectivity index (χ4v) is 4.04. The van der Waals surface area contributed by atoms with Crippen LogP contribution >= 0.6 is 11.6 Å². The first kappa shape index (κ1) is 33.8. The lowest BCUT2D eigenvalue weighted by Gasteiger charge is -2.13. The minimum Gasteiger partial charge on any atom is -0.457 e. The SMILES string of the molecule is CNC(=O)c1cc(Oc2ccc(NC(=O)Nc3ccc(Cl)c(C(F)(F)F)c3)c(F)c2)ccn1.Cc1ccc(S(=O)(=O)O)cc1. The molecule has 0 aliphatic carbocycles. The fourth-order valence-electron chi connectivity index (χ4n) is 3.34. The van der Waals surface area contributed by atoms with Crippen LogP contribution in [0.1, 0.15) is 21.6 Å². The highest BCUT2D eigenvalue weighted by atomic mass is 35.5. The van der Waals surface area contributed by atoms with Crippen molar-refractivity contribution in [3.05, 3.63) is 107 Å². The van der Waals surface area contributed by atoms with Crippen molar-refractivity contribution in [1.82, 2.24) is 10.3 Å². The number of alkyl halides is 3. The lowest BCUT2D eigenvalue weighted by atomic mass is 10.2. The highest BCUT2D eigenvalue weighted by molar-refractivity contribution is 7.85. The Balaban J connectivity index is 0.000000404. The standard InChI is InChI=1S/C21H15ClF4N4O3.C7H8O3S/c1-27-19(31)18-10-13(6-7-28-18)33-12-3-5-17(16(23)9-12)30-20(32)29-11-2-4-15(22)14(8-11)21(24,25)26;1-6-2-4-7(5-3-6)11(8,9)10/h2-10H,1H3,(H,27,31)(H2,29,30,32);2-5H,1H3,(H,8,9,10). The van der Waals surface area contributed by atoms with Crippen molar-refractivity contribution in [2.24, 2.45) is 0 Å². The minimum absolute atomic E-state index is 0.0666. The van der Waals surface area contributed by atoms with Gasteiger partial charge in [0.15, 0.2) is 0 Å². The molecule has 0 atom stereocenters. The molecule has 4 N–H and O–H groups in total. The quantitative estimate of drug-likeness (QED) is 0.130. The fraction of sp³-hybridized carbons (Fsp3) is 0.107. The molecule has 0 fully saturated rings. The Morgan fingerprint density at radius 2 is 1.59 bits per heavy atom. The maximum absolute atomic E-state index is 14.4. The topological polar surface area (TPSA) is 147 Å². The lowest BCUT2D eigenvalue weighted by Crippen LogP contribution is -2.20. The van der Waals surface area contributed by atoms with Gasteiger partial charge in [-0.1, -0.05) is 29.3 Å². The highest BCUT2D eigenvalue weighted by Crippen LogP contribution is 2.36. The number of halogens is 5. The number of amides is 3. The molecule has 10 nitrogen and oxygen atoms in total. The van der Waals surface area contributed by atoms with Crippen LogP contribution in [0.4, 0.5) is 33.7 Å². The average Bonchev–Trinajstić information content (AvgIpc) is 2.95. The number of hydrogen-bond acceptors (Lipinski definition) is 6. The van der Waals surface area contributed by atoms with E-state index in [-0.39, 0.29) is 33.5 Å². The summed E-state index contributed by atoms with van der Waals surface area (Å²) >= 11 is 5.54. The Labute approximate surface area is 253 Å². The van der Waals surface area contributed by atoms with Gasteiger partial charge in [0.05, 0.1) is 21.2 Å². The van der Waals surface area contributed by atoms with Crippen LogP contribution in [0.15, 0.2) is 83.9 Å². The van der Waals surface area contributed by atoms with E-state index in [1.165, 1.54) is 55.7 Å². The van der Waals surface area contributed by atoms with Crippen LogP contribution in [-0.2, 0) is 16.3 Å². The summed E-state index contributed by atoms with van der Waals surface area (Å²) < 4.78 is 88.3. The van der Waals surface area contributed by atoms with Crippen LogP contribution in [0.25, 0.3) is 0 Å². The smallest absolute Gasteiger partial charge is 0.417 e. The number of carbonyl (C=O) groups excluding carboxylic acids is 2. The number of nitrogens with zero attached hydrogens (tertiary/aromatic N) is 1. The number of carbonyl (C=O) groups is 2. The van der Waals surface area contributed by atoms with E-state index in [2.05, 4.69) is 20.9 Å². The molecule has 1 heterocycles. The molecule has 4 rings (SSSR count). The van der Waals surface area contributed by atoms with Crippen molar-refractivity contribution in [3.63, 3.8) is 0 Å². The average molecular weight is 655 g/mol. The van der Waals surface area contributed by atoms with E-state index in [1.807, 2.05) is 6.92 Å². The van der Waals surface area contributed by atoms with Crippen molar-refractivity contribution >= 4 is 45.0 Å². The number of anilines is 2. The molecule has 16 heteroatoms. The molecule has 0 saturated carbocycles. The normalized spacial score (nSPS) is 11.1. The van der Waals surface area contributed by atoms with E-state index in [0.717, 1.165) is 17.7 Å². The number of urea groups is 1. The van der Waals surface area contributed by atoms with Gasteiger partial charge in [0.1, 0.15) is 23.0 Å². The van der Waals surface area contributed by atoms with Gasteiger partial charge >= 0.3 is 12.2 Å².